The molecule has 0 aliphatic heterocycles. The van der Waals surface area contributed by atoms with Crippen molar-refractivity contribution in [2.75, 3.05) is 6.54 Å². The Bertz CT molecular complexity index is 306. The number of nitrogens with one attached hydrogen (secondary N) is 1. The van der Waals surface area contributed by atoms with Crippen LogP contribution >= 0.6 is 15.9 Å². The average Bonchev–Trinajstić information content (AvgIpc) is 2.50. The van der Waals surface area contributed by atoms with Crippen molar-refractivity contribution < 1.29 is 4.42 Å². The van der Waals surface area contributed by atoms with E-state index in [1.54, 1.807) is 0 Å². The molecule has 0 radical (unpaired) electrons. The van der Waals surface area contributed by atoms with Gasteiger partial charge in [0, 0.05) is 0 Å². The molecule has 1 heterocycles. The maximum Gasteiger partial charge on any atom is 0.169 e. The highest BCUT2D eigenvalue weighted by atomic mass is 79.9. The minimum Gasteiger partial charge on any atom is -0.453 e. The van der Waals surface area contributed by atoms with Crippen LogP contribution in [-0.2, 0) is 0 Å². The average molecular weight is 258 g/mol. The van der Waals surface area contributed by atoms with Crippen molar-refractivity contribution >= 4 is 15.9 Å². The topological polar surface area (TPSA) is 25.2 Å². The van der Waals surface area contributed by atoms with Gasteiger partial charge in [0.1, 0.15) is 5.76 Å². The zero-order valence-electron chi connectivity index (χ0n) is 8.64. The summed E-state index contributed by atoms with van der Waals surface area (Å²) in [7, 11) is 0. The second-order valence-electron chi connectivity index (χ2n) is 3.41. The van der Waals surface area contributed by atoms with Gasteiger partial charge >= 0.3 is 0 Å². The Labute approximate surface area is 93.5 Å². The van der Waals surface area contributed by atoms with E-state index in [4.69, 9.17) is 4.42 Å². The summed E-state index contributed by atoms with van der Waals surface area (Å²) in [6.07, 6.45) is 0.911. The van der Waals surface area contributed by atoms with E-state index in [1.807, 2.05) is 19.1 Å². The van der Waals surface area contributed by atoms with Crippen molar-refractivity contribution in [1.29, 1.82) is 0 Å². The summed E-state index contributed by atoms with van der Waals surface area (Å²) in [6.45, 7) is 8.96. The number of furan rings is 1. The van der Waals surface area contributed by atoms with Gasteiger partial charge < -0.3 is 9.73 Å². The lowest BCUT2D eigenvalue weighted by Crippen LogP contribution is -2.20. The molecule has 0 bridgehead atoms. The third-order valence-corrected chi connectivity index (χ3v) is 2.37. The maximum absolute atomic E-state index is 5.51. The molecule has 0 aliphatic rings. The van der Waals surface area contributed by atoms with Crippen molar-refractivity contribution in [3.05, 3.63) is 34.7 Å². The van der Waals surface area contributed by atoms with Crippen LogP contribution in [-0.4, -0.2) is 6.54 Å². The van der Waals surface area contributed by atoms with E-state index >= 15 is 0 Å². The fourth-order valence-corrected chi connectivity index (χ4v) is 1.70. The fourth-order valence-electron chi connectivity index (χ4n) is 1.38. The zero-order valence-corrected chi connectivity index (χ0v) is 10.2. The van der Waals surface area contributed by atoms with E-state index in [2.05, 4.69) is 34.7 Å². The molecule has 1 aromatic rings. The van der Waals surface area contributed by atoms with Gasteiger partial charge in [0.25, 0.3) is 0 Å². The summed E-state index contributed by atoms with van der Waals surface area (Å²) in [4.78, 5) is 0. The first-order valence-corrected chi connectivity index (χ1v) is 5.55. The Hall–Kier alpha value is -0.540. The summed E-state index contributed by atoms with van der Waals surface area (Å²) < 4.78 is 6.29. The van der Waals surface area contributed by atoms with Crippen molar-refractivity contribution in [3.8, 4) is 0 Å². The minimum atomic E-state index is 0.240. The Morgan fingerprint density at radius 3 is 2.79 bits per heavy atom. The van der Waals surface area contributed by atoms with Crippen molar-refractivity contribution in [3.63, 3.8) is 0 Å². The lowest BCUT2D eigenvalue weighted by atomic mass is 10.1. The highest BCUT2D eigenvalue weighted by molar-refractivity contribution is 9.10. The third kappa shape index (κ3) is 3.31. The highest BCUT2D eigenvalue weighted by Gasteiger charge is 2.13. The van der Waals surface area contributed by atoms with Crippen LogP contribution < -0.4 is 5.32 Å². The Kier molecular flexibility index (Phi) is 4.42. The standard InChI is InChI=1S/C11H16BrNO/c1-4-13-9(7-8(2)3)10-5-6-11(12)14-10/h5-6,9,13H,2,4,7H2,1,3H3. The molecule has 2 nitrogen and oxygen atoms in total. The first kappa shape index (κ1) is 11.5. The molecule has 1 unspecified atom stereocenters. The first-order valence-electron chi connectivity index (χ1n) is 4.76. The molecule has 78 valence electrons. The van der Waals surface area contributed by atoms with E-state index in [0.717, 1.165) is 29.0 Å². The molecule has 0 fully saturated rings. The molecule has 0 amide bonds. The van der Waals surface area contributed by atoms with Crippen LogP contribution in [0, 0.1) is 0 Å². The van der Waals surface area contributed by atoms with Crippen LogP contribution in [0.5, 0.6) is 0 Å². The van der Waals surface area contributed by atoms with Crippen LogP contribution in [0.4, 0.5) is 0 Å². The summed E-state index contributed by atoms with van der Waals surface area (Å²) in [6, 6.07) is 4.14. The quantitative estimate of drug-likeness (QED) is 0.815. The number of halogens is 1. The molecular weight excluding hydrogens is 242 g/mol. The molecule has 3 heteroatoms. The molecule has 0 aromatic carbocycles. The number of hydrogen-bond acceptors (Lipinski definition) is 2. The zero-order chi connectivity index (χ0) is 10.6. The maximum atomic E-state index is 5.51. The largest absolute Gasteiger partial charge is 0.453 e. The van der Waals surface area contributed by atoms with Crippen molar-refractivity contribution in [1.82, 2.24) is 5.32 Å². The number of rotatable bonds is 5. The molecule has 1 N–H and O–H groups in total. The Balaban J connectivity index is 2.71. The van der Waals surface area contributed by atoms with Crippen LogP contribution in [0.25, 0.3) is 0 Å². The molecule has 1 rings (SSSR count). The van der Waals surface area contributed by atoms with Gasteiger partial charge in [-0.1, -0.05) is 12.5 Å². The normalized spacial score (nSPS) is 12.8. The second-order valence-corrected chi connectivity index (χ2v) is 4.19. The van der Waals surface area contributed by atoms with Crippen LogP contribution in [0.1, 0.15) is 32.1 Å². The highest BCUT2D eigenvalue weighted by Crippen LogP contribution is 2.24. The lowest BCUT2D eigenvalue weighted by Gasteiger charge is -2.15. The number of hydrogen-bond donors (Lipinski definition) is 1. The Morgan fingerprint density at radius 2 is 2.36 bits per heavy atom. The van der Waals surface area contributed by atoms with E-state index in [-0.39, 0.29) is 6.04 Å². The molecule has 0 saturated heterocycles. The SMILES string of the molecule is C=C(C)CC(NCC)c1ccc(Br)o1. The molecular formula is C11H16BrNO. The van der Waals surface area contributed by atoms with Gasteiger partial charge in [-0.25, -0.2) is 0 Å². The molecule has 14 heavy (non-hydrogen) atoms. The van der Waals surface area contributed by atoms with E-state index in [9.17, 15) is 0 Å². The van der Waals surface area contributed by atoms with Gasteiger partial charge in [0.15, 0.2) is 4.67 Å². The molecule has 1 aromatic heterocycles. The van der Waals surface area contributed by atoms with Crippen molar-refractivity contribution in [2.45, 2.75) is 26.3 Å². The second kappa shape index (κ2) is 5.37. The molecule has 1 atom stereocenters. The van der Waals surface area contributed by atoms with Gasteiger partial charge in [-0.05, 0) is 48.0 Å². The van der Waals surface area contributed by atoms with Crippen LogP contribution in [0.3, 0.4) is 0 Å². The molecule has 0 saturated carbocycles. The van der Waals surface area contributed by atoms with E-state index < -0.39 is 0 Å². The minimum absolute atomic E-state index is 0.240. The predicted octanol–water partition coefficient (Wildman–Crippen LogP) is 3.66. The fraction of sp³-hybridized carbons (Fsp3) is 0.455. The molecule has 0 aliphatic carbocycles. The van der Waals surface area contributed by atoms with Gasteiger partial charge in [0.05, 0.1) is 6.04 Å². The summed E-state index contributed by atoms with van der Waals surface area (Å²) in [5.74, 6) is 0.960. The van der Waals surface area contributed by atoms with Gasteiger partial charge in [-0.3, -0.25) is 0 Å². The summed E-state index contributed by atoms with van der Waals surface area (Å²) in [5.41, 5.74) is 1.16. The van der Waals surface area contributed by atoms with Crippen molar-refractivity contribution in [2.24, 2.45) is 0 Å². The van der Waals surface area contributed by atoms with E-state index in [0.29, 0.717) is 0 Å². The van der Waals surface area contributed by atoms with Gasteiger partial charge in [-0.2, -0.15) is 0 Å². The van der Waals surface area contributed by atoms with Crippen LogP contribution in [0.15, 0.2) is 33.4 Å². The lowest BCUT2D eigenvalue weighted by molar-refractivity contribution is 0.405. The van der Waals surface area contributed by atoms with Crippen LogP contribution in [0.2, 0.25) is 0 Å². The molecule has 0 spiro atoms. The third-order valence-electron chi connectivity index (χ3n) is 1.94. The summed E-state index contributed by atoms with van der Waals surface area (Å²) in [5, 5.41) is 3.37. The summed E-state index contributed by atoms with van der Waals surface area (Å²) >= 11 is 3.30. The first-order chi connectivity index (χ1) is 6.63. The monoisotopic (exact) mass is 257 g/mol. The van der Waals surface area contributed by atoms with E-state index in [1.165, 1.54) is 0 Å². The van der Waals surface area contributed by atoms with Gasteiger partial charge in [0.2, 0.25) is 0 Å². The predicted molar refractivity (Wildman–Crippen MR) is 62.3 cm³/mol. The smallest absolute Gasteiger partial charge is 0.169 e. The Morgan fingerprint density at radius 1 is 1.64 bits per heavy atom. The van der Waals surface area contributed by atoms with Gasteiger partial charge in [-0.15, -0.1) is 6.58 Å².